The molecule has 0 saturated carbocycles. The first-order valence-electron chi connectivity index (χ1n) is 13.2. The zero-order chi connectivity index (χ0) is 28.1. The summed E-state index contributed by atoms with van der Waals surface area (Å²) in [5.74, 6) is 0. The molecule has 0 spiro atoms. The van der Waals surface area contributed by atoms with Crippen molar-refractivity contribution in [3.8, 4) is 0 Å². The molecule has 0 bridgehead atoms. The maximum atomic E-state index is 7.24. The van der Waals surface area contributed by atoms with Gasteiger partial charge < -0.3 is 0 Å². The third-order valence-corrected chi connectivity index (χ3v) is 18.1. The van der Waals surface area contributed by atoms with E-state index in [-0.39, 0.29) is 0 Å². The number of halogens is 2. The van der Waals surface area contributed by atoms with E-state index in [2.05, 4.69) is 170 Å². The molecule has 0 aliphatic carbocycles. The van der Waals surface area contributed by atoms with Crippen LogP contribution in [0, 0.1) is 0 Å². The van der Waals surface area contributed by atoms with E-state index in [1.807, 2.05) is 0 Å². The summed E-state index contributed by atoms with van der Waals surface area (Å²) >= 11 is -3.07. The molecular formula is C36H28Cl2P2Pd. The molecule has 0 fully saturated rings. The second kappa shape index (κ2) is 13.2. The standard InChI is InChI=1S/2C18H14P.2ClH.Pd/c2*1-4-10-16(11-5-1)19(17-12-6-2-7-13-17)18-14-8-3-9-15-18;;;/h2*1-2,4-15H;2*1H;/q;;;;+2/p-2. The van der Waals surface area contributed by atoms with E-state index < -0.39 is 29.3 Å². The van der Waals surface area contributed by atoms with Gasteiger partial charge in [0.25, 0.3) is 0 Å². The third-order valence-electron chi connectivity index (χ3n) is 6.64. The van der Waals surface area contributed by atoms with Crippen molar-refractivity contribution in [3.05, 3.63) is 170 Å². The van der Waals surface area contributed by atoms with E-state index in [9.17, 15) is 0 Å². The molecule has 0 heterocycles. The summed E-state index contributed by atoms with van der Waals surface area (Å²) in [4.78, 5) is 0. The Labute approximate surface area is 256 Å². The zero-order valence-corrected chi connectivity index (χ0v) is 27.0. The molecule has 0 atom stereocenters. The summed E-state index contributed by atoms with van der Waals surface area (Å²) in [5.41, 5.74) is 0. The van der Waals surface area contributed by atoms with Gasteiger partial charge in [-0.25, -0.2) is 0 Å². The van der Waals surface area contributed by atoms with E-state index in [1.165, 1.54) is 31.8 Å². The fourth-order valence-corrected chi connectivity index (χ4v) is 13.5. The summed E-state index contributed by atoms with van der Waals surface area (Å²) < 4.78 is 2.03. The van der Waals surface area contributed by atoms with E-state index in [0.29, 0.717) is 0 Å². The molecule has 0 N–H and O–H groups in total. The summed E-state index contributed by atoms with van der Waals surface area (Å²) in [6.07, 6.45) is 0. The number of benzene rings is 6. The van der Waals surface area contributed by atoms with Gasteiger partial charge in [0, 0.05) is 0 Å². The summed E-state index contributed by atoms with van der Waals surface area (Å²) in [6, 6.07) is 60.4. The Bertz CT molecular complexity index is 1470. The first-order chi connectivity index (χ1) is 20.1. The predicted octanol–water partition coefficient (Wildman–Crippen LogP) is 6.62. The fraction of sp³-hybridized carbons (Fsp3) is 0. The van der Waals surface area contributed by atoms with Crippen molar-refractivity contribution in [2.45, 2.75) is 0 Å². The van der Waals surface area contributed by atoms with E-state index in [1.54, 1.807) is 0 Å². The van der Waals surface area contributed by atoms with Crippen LogP contribution >= 0.6 is 34.9 Å². The SMILES string of the molecule is [Cl][Pd]([Cl])([c]1ccc(P(c2ccccc2)c2ccccc2)cc1)[c]1ccc(P(c2ccccc2)c2ccccc2)cc1. The average Bonchev–Trinajstić information content (AvgIpc) is 3.04. The Kier molecular flexibility index (Phi) is 9.16. The minimum atomic E-state index is -3.07. The summed E-state index contributed by atoms with van der Waals surface area (Å²) in [5, 5.41) is 7.87. The van der Waals surface area contributed by atoms with Crippen LogP contribution in [0.15, 0.2) is 170 Å². The van der Waals surface area contributed by atoms with Gasteiger partial charge in [-0.1, -0.05) is 0 Å². The summed E-state index contributed by atoms with van der Waals surface area (Å²) in [7, 11) is 13.1. The Morgan fingerprint density at radius 3 is 0.756 bits per heavy atom. The molecule has 6 aromatic rings. The van der Waals surface area contributed by atoms with Gasteiger partial charge in [0.05, 0.1) is 0 Å². The molecule has 0 saturated heterocycles. The molecule has 0 nitrogen and oxygen atoms in total. The van der Waals surface area contributed by atoms with Gasteiger partial charge in [0.1, 0.15) is 0 Å². The predicted molar refractivity (Wildman–Crippen MR) is 181 cm³/mol. The molecular weight excluding hydrogens is 672 g/mol. The molecule has 0 aliphatic heterocycles. The molecule has 0 aliphatic rings. The number of rotatable bonds is 8. The fourth-order valence-electron chi connectivity index (χ4n) is 4.73. The molecule has 206 valence electrons. The average molecular weight is 700 g/mol. The van der Waals surface area contributed by atoms with E-state index in [4.69, 9.17) is 19.1 Å². The zero-order valence-electron chi connectivity index (χ0n) is 22.1. The van der Waals surface area contributed by atoms with Crippen molar-refractivity contribution in [1.82, 2.24) is 0 Å². The van der Waals surface area contributed by atoms with Gasteiger partial charge >= 0.3 is 258 Å². The van der Waals surface area contributed by atoms with Crippen LogP contribution in [0.4, 0.5) is 0 Å². The van der Waals surface area contributed by atoms with Crippen LogP contribution in [0.1, 0.15) is 0 Å². The number of hydrogen-bond donors (Lipinski definition) is 0. The Morgan fingerprint density at radius 1 is 0.293 bits per heavy atom. The van der Waals surface area contributed by atoms with Gasteiger partial charge in [-0.05, 0) is 0 Å². The first kappa shape index (κ1) is 28.5. The number of hydrogen-bond acceptors (Lipinski definition) is 0. The van der Waals surface area contributed by atoms with Gasteiger partial charge in [-0.3, -0.25) is 0 Å². The second-order valence-electron chi connectivity index (χ2n) is 9.26. The maximum absolute atomic E-state index is 7.24. The van der Waals surface area contributed by atoms with Gasteiger partial charge in [0.2, 0.25) is 0 Å². The van der Waals surface area contributed by atoms with Crippen molar-refractivity contribution < 1.29 is 13.5 Å². The molecule has 0 radical (unpaired) electrons. The van der Waals surface area contributed by atoms with E-state index >= 15 is 0 Å². The van der Waals surface area contributed by atoms with Crippen molar-refractivity contribution in [1.29, 1.82) is 0 Å². The van der Waals surface area contributed by atoms with Crippen LogP contribution in [-0.4, -0.2) is 0 Å². The van der Waals surface area contributed by atoms with Crippen molar-refractivity contribution in [2.75, 3.05) is 0 Å². The van der Waals surface area contributed by atoms with Gasteiger partial charge in [0.15, 0.2) is 0 Å². The van der Waals surface area contributed by atoms with Crippen molar-refractivity contribution in [3.63, 3.8) is 0 Å². The molecule has 0 unspecified atom stereocenters. The third kappa shape index (κ3) is 6.43. The second-order valence-corrected chi connectivity index (χ2v) is 22.2. The van der Waals surface area contributed by atoms with Crippen LogP contribution in [0.2, 0.25) is 0 Å². The summed E-state index contributed by atoms with van der Waals surface area (Å²) in [6.45, 7) is 0. The van der Waals surface area contributed by atoms with Crippen LogP contribution in [-0.2, 0) is 13.5 Å². The van der Waals surface area contributed by atoms with E-state index in [0.717, 1.165) is 8.07 Å². The quantitative estimate of drug-likeness (QED) is 0.124. The van der Waals surface area contributed by atoms with Gasteiger partial charge in [-0.2, -0.15) is 0 Å². The van der Waals surface area contributed by atoms with Crippen LogP contribution in [0.3, 0.4) is 0 Å². The van der Waals surface area contributed by atoms with Crippen molar-refractivity contribution in [2.24, 2.45) is 0 Å². The van der Waals surface area contributed by atoms with Crippen LogP contribution in [0.5, 0.6) is 0 Å². The molecule has 6 aromatic carbocycles. The van der Waals surface area contributed by atoms with Gasteiger partial charge in [-0.15, -0.1) is 0 Å². The van der Waals surface area contributed by atoms with Crippen LogP contribution in [0.25, 0.3) is 0 Å². The monoisotopic (exact) mass is 698 g/mol. The van der Waals surface area contributed by atoms with Crippen molar-refractivity contribution >= 4 is 74.8 Å². The Hall–Kier alpha value is -2.58. The normalized spacial score (nSPS) is 12.0. The minimum absolute atomic E-state index is 0.672. The molecule has 41 heavy (non-hydrogen) atoms. The molecule has 6 rings (SSSR count). The molecule has 5 heteroatoms. The molecule has 0 aromatic heterocycles. The topological polar surface area (TPSA) is 0 Å². The molecule has 0 amide bonds. The van der Waals surface area contributed by atoms with Crippen LogP contribution < -0.4 is 39.9 Å². The Morgan fingerprint density at radius 2 is 0.512 bits per heavy atom. The first-order valence-corrected chi connectivity index (χ1v) is 21.4. The Balaban J connectivity index is 1.30.